The van der Waals surface area contributed by atoms with Gasteiger partial charge in [0.05, 0.1) is 5.39 Å². The number of hydrogen-bond donors (Lipinski definition) is 1. The second-order valence-electron chi connectivity index (χ2n) is 6.31. The molecule has 26 heavy (non-hydrogen) atoms. The monoisotopic (exact) mass is 369 g/mol. The molecule has 134 valence electrons. The molecule has 0 saturated heterocycles. The van der Waals surface area contributed by atoms with Crippen LogP contribution in [0, 0.1) is 0 Å². The van der Waals surface area contributed by atoms with Crippen molar-refractivity contribution in [3.05, 3.63) is 41.0 Å². The first-order valence-corrected chi connectivity index (χ1v) is 9.42. The Morgan fingerprint density at radius 3 is 2.65 bits per heavy atom. The molecule has 3 aromatic rings. The summed E-state index contributed by atoms with van der Waals surface area (Å²) >= 11 is 1.74. The van der Waals surface area contributed by atoms with E-state index in [9.17, 15) is 4.79 Å². The van der Waals surface area contributed by atoms with Crippen molar-refractivity contribution < 1.29 is 14.3 Å². The minimum atomic E-state index is -0.680. The molecule has 2 heterocycles. The molecule has 2 aromatic heterocycles. The van der Waals surface area contributed by atoms with Crippen LogP contribution >= 0.6 is 11.3 Å². The van der Waals surface area contributed by atoms with Crippen molar-refractivity contribution in [3.8, 4) is 17.4 Å². The minimum Gasteiger partial charge on any atom is -0.481 e. The van der Waals surface area contributed by atoms with Crippen molar-refractivity contribution in [1.29, 1.82) is 0 Å². The van der Waals surface area contributed by atoms with E-state index in [1.54, 1.807) is 48.9 Å². The zero-order chi connectivity index (χ0) is 18.1. The maximum Gasteiger partial charge on any atom is 0.258 e. The summed E-state index contributed by atoms with van der Waals surface area (Å²) in [5.74, 6) is 1.30. The Kier molecular flexibility index (Phi) is 4.46. The van der Waals surface area contributed by atoms with Crippen LogP contribution in [0.5, 0.6) is 17.4 Å². The summed E-state index contributed by atoms with van der Waals surface area (Å²) in [6.45, 7) is 1.62. The first-order valence-electron chi connectivity index (χ1n) is 8.61. The van der Waals surface area contributed by atoms with E-state index in [0.29, 0.717) is 17.4 Å². The highest BCUT2D eigenvalue weighted by molar-refractivity contribution is 7.18. The largest absolute Gasteiger partial charge is 0.481 e. The minimum absolute atomic E-state index is 0.504. The van der Waals surface area contributed by atoms with Gasteiger partial charge in [-0.15, -0.1) is 11.3 Å². The molecule has 6 nitrogen and oxygen atoms in total. The van der Waals surface area contributed by atoms with Crippen LogP contribution in [0.3, 0.4) is 0 Å². The normalized spacial score (nSPS) is 14.7. The molecule has 0 spiro atoms. The Bertz CT molecular complexity index is 953. The molecule has 0 saturated carbocycles. The molecule has 1 atom stereocenters. The van der Waals surface area contributed by atoms with Crippen LogP contribution in [0.15, 0.2) is 30.6 Å². The summed E-state index contributed by atoms with van der Waals surface area (Å²) in [5.41, 5.74) is 6.55. The number of nitrogens with zero attached hydrogens (tertiary/aromatic N) is 2. The number of fused-ring (bicyclic) bond motifs is 3. The lowest BCUT2D eigenvalue weighted by Gasteiger charge is -2.13. The number of amides is 1. The van der Waals surface area contributed by atoms with Crippen molar-refractivity contribution in [2.45, 2.75) is 38.7 Å². The molecule has 1 amide bonds. The first-order chi connectivity index (χ1) is 12.6. The lowest BCUT2D eigenvalue weighted by molar-refractivity contribution is -0.123. The van der Waals surface area contributed by atoms with Crippen LogP contribution in [-0.4, -0.2) is 22.0 Å². The SMILES string of the molecule is CC(Oc1ccc(Oc2ncnc3sc4c(c23)CCCC4)cc1)C(N)=O. The van der Waals surface area contributed by atoms with Gasteiger partial charge in [-0.3, -0.25) is 4.79 Å². The highest BCUT2D eigenvalue weighted by Crippen LogP contribution is 2.40. The summed E-state index contributed by atoms with van der Waals surface area (Å²) in [4.78, 5) is 22.2. The van der Waals surface area contributed by atoms with E-state index in [1.165, 1.54) is 23.3 Å². The van der Waals surface area contributed by atoms with Crippen LogP contribution in [-0.2, 0) is 17.6 Å². The van der Waals surface area contributed by atoms with Gasteiger partial charge >= 0.3 is 0 Å². The molecule has 0 fully saturated rings. The third-order valence-electron chi connectivity index (χ3n) is 4.47. The highest BCUT2D eigenvalue weighted by atomic mass is 32.1. The number of aromatic nitrogens is 2. The van der Waals surface area contributed by atoms with E-state index < -0.39 is 12.0 Å². The summed E-state index contributed by atoms with van der Waals surface area (Å²) < 4.78 is 11.5. The zero-order valence-corrected chi connectivity index (χ0v) is 15.2. The summed E-state index contributed by atoms with van der Waals surface area (Å²) in [5, 5.41) is 1.04. The molecule has 4 rings (SSSR count). The van der Waals surface area contributed by atoms with Crippen molar-refractivity contribution in [2.24, 2.45) is 5.73 Å². The van der Waals surface area contributed by atoms with Crippen molar-refractivity contribution in [1.82, 2.24) is 9.97 Å². The number of rotatable bonds is 5. The molecule has 0 radical (unpaired) electrons. The van der Waals surface area contributed by atoms with Gasteiger partial charge in [-0.25, -0.2) is 9.97 Å². The number of nitrogens with two attached hydrogens (primary N) is 1. The lowest BCUT2D eigenvalue weighted by Crippen LogP contribution is -2.30. The molecule has 1 aliphatic rings. The third kappa shape index (κ3) is 3.22. The number of benzene rings is 1. The van der Waals surface area contributed by atoms with Gasteiger partial charge in [0.2, 0.25) is 5.88 Å². The van der Waals surface area contributed by atoms with Gasteiger partial charge in [0, 0.05) is 4.88 Å². The number of primary amides is 1. The van der Waals surface area contributed by atoms with Gasteiger partial charge in [-0.1, -0.05) is 0 Å². The molecule has 0 aliphatic heterocycles. The van der Waals surface area contributed by atoms with Crippen LogP contribution < -0.4 is 15.2 Å². The maximum absolute atomic E-state index is 11.1. The standard InChI is InChI=1S/C19H19N3O3S/c1-11(17(20)23)24-12-6-8-13(9-7-12)25-18-16-14-4-2-3-5-15(14)26-19(16)22-10-21-18/h6-11H,2-5H2,1H3,(H2,20,23). The predicted molar refractivity (Wildman–Crippen MR) is 99.9 cm³/mol. The Morgan fingerprint density at radius 1 is 1.15 bits per heavy atom. The zero-order valence-electron chi connectivity index (χ0n) is 14.4. The van der Waals surface area contributed by atoms with Gasteiger partial charge in [0.15, 0.2) is 6.10 Å². The van der Waals surface area contributed by atoms with Gasteiger partial charge in [0.25, 0.3) is 5.91 Å². The fraction of sp³-hybridized carbons (Fsp3) is 0.316. The van der Waals surface area contributed by atoms with Gasteiger partial charge in [0.1, 0.15) is 22.7 Å². The smallest absolute Gasteiger partial charge is 0.258 e. The van der Waals surface area contributed by atoms with Crippen LogP contribution in [0.2, 0.25) is 0 Å². The second kappa shape index (κ2) is 6.92. The van der Waals surface area contributed by atoms with E-state index in [4.69, 9.17) is 15.2 Å². The van der Waals surface area contributed by atoms with E-state index in [2.05, 4.69) is 9.97 Å². The van der Waals surface area contributed by atoms with Crippen molar-refractivity contribution >= 4 is 27.5 Å². The number of thiophene rings is 1. The van der Waals surface area contributed by atoms with Gasteiger partial charge in [-0.2, -0.15) is 0 Å². The molecule has 2 N–H and O–H groups in total. The Morgan fingerprint density at radius 2 is 1.88 bits per heavy atom. The maximum atomic E-state index is 11.1. The quantitative estimate of drug-likeness (QED) is 0.742. The molecule has 0 bridgehead atoms. The first kappa shape index (κ1) is 16.8. The molecule has 1 aliphatic carbocycles. The number of aryl methyl sites for hydroxylation is 2. The summed E-state index contributed by atoms with van der Waals surface area (Å²) in [7, 11) is 0. The third-order valence-corrected chi connectivity index (χ3v) is 5.67. The van der Waals surface area contributed by atoms with Gasteiger partial charge < -0.3 is 15.2 Å². The molecular formula is C19H19N3O3S. The lowest BCUT2D eigenvalue weighted by atomic mass is 9.97. The fourth-order valence-electron chi connectivity index (χ4n) is 3.10. The van der Waals surface area contributed by atoms with E-state index in [0.717, 1.165) is 23.1 Å². The van der Waals surface area contributed by atoms with Crippen molar-refractivity contribution in [3.63, 3.8) is 0 Å². The summed E-state index contributed by atoms with van der Waals surface area (Å²) in [6, 6.07) is 7.07. The van der Waals surface area contributed by atoms with Crippen LogP contribution in [0.4, 0.5) is 0 Å². The van der Waals surface area contributed by atoms with E-state index in [-0.39, 0.29) is 0 Å². The Labute approximate surface area is 155 Å². The van der Waals surface area contributed by atoms with E-state index in [1.807, 2.05) is 0 Å². The number of ether oxygens (including phenoxy) is 2. The second-order valence-corrected chi connectivity index (χ2v) is 7.39. The van der Waals surface area contributed by atoms with Crippen LogP contribution in [0.25, 0.3) is 10.2 Å². The molecule has 1 aromatic carbocycles. The Balaban J connectivity index is 1.59. The van der Waals surface area contributed by atoms with Crippen LogP contribution in [0.1, 0.15) is 30.2 Å². The average molecular weight is 369 g/mol. The topological polar surface area (TPSA) is 87.3 Å². The summed E-state index contributed by atoms with van der Waals surface area (Å²) in [6.07, 6.45) is 5.45. The predicted octanol–water partition coefficient (Wildman–Crippen LogP) is 3.62. The molecular weight excluding hydrogens is 350 g/mol. The average Bonchev–Trinajstić information content (AvgIpc) is 3.03. The highest BCUT2D eigenvalue weighted by Gasteiger charge is 2.21. The number of hydrogen-bond acceptors (Lipinski definition) is 6. The number of carbonyl (C=O) groups excluding carboxylic acids is 1. The molecule has 1 unspecified atom stereocenters. The van der Waals surface area contributed by atoms with Gasteiger partial charge in [-0.05, 0) is 62.4 Å². The molecule has 7 heteroatoms. The van der Waals surface area contributed by atoms with E-state index >= 15 is 0 Å². The fourth-order valence-corrected chi connectivity index (χ4v) is 4.32. The number of carbonyl (C=O) groups is 1. The van der Waals surface area contributed by atoms with Crippen molar-refractivity contribution in [2.75, 3.05) is 0 Å². The Hall–Kier alpha value is -2.67.